The van der Waals surface area contributed by atoms with Crippen LogP contribution >= 0.6 is 15.9 Å². The van der Waals surface area contributed by atoms with Gasteiger partial charge in [-0.05, 0) is 18.9 Å². The third-order valence-electron chi connectivity index (χ3n) is 3.20. The Kier molecular flexibility index (Phi) is 3.67. The summed E-state index contributed by atoms with van der Waals surface area (Å²) < 4.78 is 23.6. The maximum Gasteiger partial charge on any atom is 0.273 e. The van der Waals surface area contributed by atoms with Crippen LogP contribution in [-0.4, -0.2) is 30.4 Å². The molecule has 1 aromatic carbocycles. The molecule has 1 heterocycles. The molecule has 1 atom stereocenters. The summed E-state index contributed by atoms with van der Waals surface area (Å²) in [5, 5.41) is 11.0. The SMILES string of the molecule is NC1(Cc2ccc(Br)cc2[N+](=O)[O-])CCS(=O)(=O)C1. The fourth-order valence-electron chi connectivity index (χ4n) is 2.32. The van der Waals surface area contributed by atoms with E-state index in [-0.39, 0.29) is 23.6 Å². The van der Waals surface area contributed by atoms with E-state index in [9.17, 15) is 18.5 Å². The Morgan fingerprint density at radius 2 is 2.16 bits per heavy atom. The number of nitro benzene ring substituents is 1. The van der Waals surface area contributed by atoms with Gasteiger partial charge in [-0.2, -0.15) is 0 Å². The molecule has 0 aromatic heterocycles. The molecule has 2 N–H and O–H groups in total. The molecule has 1 aliphatic rings. The molecule has 1 saturated heterocycles. The second-order valence-electron chi connectivity index (χ2n) is 4.91. The van der Waals surface area contributed by atoms with Gasteiger partial charge in [0.15, 0.2) is 9.84 Å². The molecule has 8 heteroatoms. The van der Waals surface area contributed by atoms with Crippen molar-refractivity contribution in [2.24, 2.45) is 5.73 Å². The molecule has 6 nitrogen and oxygen atoms in total. The third-order valence-corrected chi connectivity index (χ3v) is 5.54. The van der Waals surface area contributed by atoms with Gasteiger partial charge >= 0.3 is 0 Å². The minimum Gasteiger partial charge on any atom is -0.324 e. The van der Waals surface area contributed by atoms with Crippen molar-refractivity contribution in [2.75, 3.05) is 11.5 Å². The van der Waals surface area contributed by atoms with Crippen LogP contribution in [0.4, 0.5) is 5.69 Å². The van der Waals surface area contributed by atoms with E-state index in [4.69, 9.17) is 5.73 Å². The normalized spacial score (nSPS) is 25.4. The highest BCUT2D eigenvalue weighted by molar-refractivity contribution is 9.10. The quantitative estimate of drug-likeness (QED) is 0.657. The van der Waals surface area contributed by atoms with Crippen molar-refractivity contribution < 1.29 is 13.3 Å². The highest BCUT2D eigenvalue weighted by Crippen LogP contribution is 2.30. The van der Waals surface area contributed by atoms with Crippen molar-refractivity contribution in [3.8, 4) is 0 Å². The van der Waals surface area contributed by atoms with Crippen molar-refractivity contribution in [1.29, 1.82) is 0 Å². The Bertz CT molecular complexity index is 632. The lowest BCUT2D eigenvalue weighted by molar-refractivity contribution is -0.385. The minimum atomic E-state index is -3.12. The molecule has 104 valence electrons. The summed E-state index contributed by atoms with van der Waals surface area (Å²) in [5.74, 6) is -0.0684. The maximum atomic E-state index is 11.5. The molecule has 0 saturated carbocycles. The highest BCUT2D eigenvalue weighted by atomic mass is 79.9. The van der Waals surface area contributed by atoms with E-state index in [1.165, 1.54) is 6.07 Å². The topological polar surface area (TPSA) is 103 Å². The van der Waals surface area contributed by atoms with Crippen molar-refractivity contribution in [3.05, 3.63) is 38.3 Å². The standard InChI is InChI=1S/C11H13BrN2O4S/c12-9-2-1-8(10(5-9)14(15)16)6-11(13)3-4-19(17,18)7-11/h1-2,5H,3-4,6-7,13H2. The number of hydrogen-bond acceptors (Lipinski definition) is 5. The number of halogens is 1. The summed E-state index contributed by atoms with van der Waals surface area (Å²) in [6.07, 6.45) is 0.526. The number of nitro groups is 1. The summed E-state index contributed by atoms with van der Waals surface area (Å²) in [7, 11) is -3.12. The first-order chi connectivity index (χ1) is 8.71. The zero-order valence-electron chi connectivity index (χ0n) is 10.0. The van der Waals surface area contributed by atoms with Gasteiger partial charge in [-0.1, -0.05) is 22.0 Å². The van der Waals surface area contributed by atoms with Crippen LogP contribution in [0.2, 0.25) is 0 Å². The smallest absolute Gasteiger partial charge is 0.273 e. The van der Waals surface area contributed by atoms with Crippen LogP contribution in [0.1, 0.15) is 12.0 Å². The van der Waals surface area contributed by atoms with Gasteiger partial charge in [-0.3, -0.25) is 10.1 Å². The van der Waals surface area contributed by atoms with E-state index in [0.717, 1.165) is 0 Å². The van der Waals surface area contributed by atoms with Crippen molar-refractivity contribution >= 4 is 31.5 Å². The van der Waals surface area contributed by atoms with Crippen LogP contribution in [-0.2, 0) is 16.3 Å². The number of rotatable bonds is 3. The number of sulfone groups is 1. The summed E-state index contributed by atoms with van der Waals surface area (Å²) >= 11 is 3.18. The molecule has 1 fully saturated rings. The number of benzene rings is 1. The Morgan fingerprint density at radius 1 is 1.47 bits per heavy atom. The average molecular weight is 349 g/mol. The van der Waals surface area contributed by atoms with Crippen LogP contribution in [0.5, 0.6) is 0 Å². The maximum absolute atomic E-state index is 11.5. The second-order valence-corrected chi connectivity index (χ2v) is 8.01. The zero-order chi connectivity index (χ0) is 14.3. The van der Waals surface area contributed by atoms with E-state index in [2.05, 4.69) is 15.9 Å². The predicted octanol–water partition coefficient (Wildman–Crippen LogP) is 1.42. The zero-order valence-corrected chi connectivity index (χ0v) is 12.4. The van der Waals surface area contributed by atoms with Gasteiger partial charge < -0.3 is 5.73 Å². The van der Waals surface area contributed by atoms with Gasteiger partial charge in [0.1, 0.15) is 0 Å². The van der Waals surface area contributed by atoms with Gasteiger partial charge in [0.25, 0.3) is 5.69 Å². The lowest BCUT2D eigenvalue weighted by Crippen LogP contribution is -2.43. The first-order valence-electron chi connectivity index (χ1n) is 5.63. The lowest BCUT2D eigenvalue weighted by Gasteiger charge is -2.21. The van der Waals surface area contributed by atoms with Crippen LogP contribution in [0.15, 0.2) is 22.7 Å². The fraction of sp³-hybridized carbons (Fsp3) is 0.455. The van der Waals surface area contributed by atoms with Crippen LogP contribution in [0.25, 0.3) is 0 Å². The largest absolute Gasteiger partial charge is 0.324 e. The lowest BCUT2D eigenvalue weighted by atomic mass is 9.91. The summed E-state index contributed by atoms with van der Waals surface area (Å²) in [6, 6.07) is 4.71. The molecule has 0 amide bonds. The van der Waals surface area contributed by atoms with Crippen LogP contribution in [0.3, 0.4) is 0 Å². The van der Waals surface area contributed by atoms with E-state index in [1.807, 2.05) is 0 Å². The molecule has 2 rings (SSSR count). The van der Waals surface area contributed by atoms with E-state index in [0.29, 0.717) is 16.5 Å². The van der Waals surface area contributed by atoms with Crippen molar-refractivity contribution in [1.82, 2.24) is 0 Å². The third kappa shape index (κ3) is 3.31. The van der Waals surface area contributed by atoms with Crippen LogP contribution in [0, 0.1) is 10.1 Å². The molecular weight excluding hydrogens is 336 g/mol. The molecule has 1 aromatic rings. The van der Waals surface area contributed by atoms with E-state index >= 15 is 0 Å². The molecular formula is C11H13BrN2O4S. The number of hydrogen-bond donors (Lipinski definition) is 1. The molecule has 0 spiro atoms. The number of nitrogens with zero attached hydrogens (tertiary/aromatic N) is 1. The number of nitrogens with two attached hydrogens (primary N) is 1. The van der Waals surface area contributed by atoms with E-state index < -0.39 is 20.3 Å². The minimum absolute atomic E-state index is 0.0384. The molecule has 0 aliphatic carbocycles. The Morgan fingerprint density at radius 3 is 2.68 bits per heavy atom. The molecule has 1 unspecified atom stereocenters. The predicted molar refractivity (Wildman–Crippen MR) is 74.7 cm³/mol. The second kappa shape index (κ2) is 4.84. The Hall–Kier alpha value is -0.990. The van der Waals surface area contributed by atoms with Gasteiger partial charge in [0.05, 0.1) is 16.4 Å². The van der Waals surface area contributed by atoms with Crippen molar-refractivity contribution in [2.45, 2.75) is 18.4 Å². The summed E-state index contributed by atoms with van der Waals surface area (Å²) in [4.78, 5) is 10.5. The monoisotopic (exact) mass is 348 g/mol. The van der Waals surface area contributed by atoms with Gasteiger partial charge in [0.2, 0.25) is 0 Å². The Balaban J connectivity index is 2.32. The first kappa shape index (κ1) is 14.4. The molecule has 19 heavy (non-hydrogen) atoms. The van der Waals surface area contributed by atoms with Gasteiger partial charge in [-0.25, -0.2) is 8.42 Å². The van der Waals surface area contributed by atoms with Gasteiger partial charge in [0, 0.05) is 21.6 Å². The van der Waals surface area contributed by atoms with E-state index in [1.54, 1.807) is 12.1 Å². The summed E-state index contributed by atoms with van der Waals surface area (Å²) in [5.41, 5.74) is 5.58. The summed E-state index contributed by atoms with van der Waals surface area (Å²) in [6.45, 7) is 0. The van der Waals surface area contributed by atoms with Crippen LogP contribution < -0.4 is 5.73 Å². The first-order valence-corrected chi connectivity index (χ1v) is 8.24. The van der Waals surface area contributed by atoms with Crippen molar-refractivity contribution in [3.63, 3.8) is 0 Å². The highest BCUT2D eigenvalue weighted by Gasteiger charge is 2.40. The average Bonchev–Trinajstić information content (AvgIpc) is 2.55. The molecule has 0 bridgehead atoms. The molecule has 1 aliphatic heterocycles. The van der Waals surface area contributed by atoms with Gasteiger partial charge in [-0.15, -0.1) is 0 Å². The fourth-order valence-corrected chi connectivity index (χ4v) is 4.65. The Labute approximate surface area is 119 Å². The molecule has 0 radical (unpaired) electrons.